The molecule has 4 rings (SSSR count). The predicted octanol–water partition coefficient (Wildman–Crippen LogP) is 3.81. The molecule has 0 aliphatic heterocycles. The number of benzene rings is 1. The predicted molar refractivity (Wildman–Crippen MR) is 97.0 cm³/mol. The number of fused-ring (bicyclic) bond motifs is 1. The number of alkyl halides is 1. The Balaban J connectivity index is 1.63. The Bertz CT molecular complexity index is 1040. The summed E-state index contributed by atoms with van der Waals surface area (Å²) in [7, 11) is 0. The number of nitrogens with one attached hydrogen (secondary N) is 1. The Morgan fingerprint density at radius 1 is 1.23 bits per heavy atom. The minimum Gasteiger partial charge on any atom is -0.309 e. The molecule has 1 aliphatic rings. The van der Waals surface area contributed by atoms with Gasteiger partial charge in [-0.1, -0.05) is 12.1 Å². The van der Waals surface area contributed by atoms with Crippen LogP contribution in [0.5, 0.6) is 0 Å². The summed E-state index contributed by atoms with van der Waals surface area (Å²) in [4.78, 5) is 27.7. The quantitative estimate of drug-likeness (QED) is 0.727. The summed E-state index contributed by atoms with van der Waals surface area (Å²) >= 11 is 0. The number of imidazole rings is 1. The van der Waals surface area contributed by atoms with E-state index >= 15 is 0 Å². The average Bonchev–Trinajstić information content (AvgIpc) is 3.20. The number of aromatic nitrogens is 2. The van der Waals surface area contributed by atoms with Crippen LogP contribution in [-0.4, -0.2) is 27.2 Å². The number of Topliss-reactive ketones (excluding diaryl/α,β-unsaturated/α-hetero) is 1. The maximum atomic E-state index is 13.0. The number of nitrogens with zero attached hydrogens (tertiary/aromatic N) is 2. The fourth-order valence-corrected chi connectivity index (χ4v) is 3.07. The van der Waals surface area contributed by atoms with Gasteiger partial charge in [0.05, 0.1) is 12.1 Å². The van der Waals surface area contributed by atoms with Gasteiger partial charge in [0.2, 0.25) is 5.91 Å². The fraction of sp³-hybridized carbons (Fsp3) is 0.250. The van der Waals surface area contributed by atoms with E-state index in [1.54, 1.807) is 13.1 Å². The molecule has 0 bridgehead atoms. The molecule has 2 unspecified atom stereocenters. The molecule has 2 aromatic heterocycles. The van der Waals surface area contributed by atoms with Crippen LogP contribution < -0.4 is 5.32 Å². The third-order valence-electron chi connectivity index (χ3n) is 4.70. The third kappa shape index (κ3) is 2.98. The van der Waals surface area contributed by atoms with E-state index in [4.69, 9.17) is 0 Å². The fourth-order valence-electron chi connectivity index (χ4n) is 3.07. The van der Waals surface area contributed by atoms with Crippen LogP contribution in [0.1, 0.15) is 29.3 Å². The van der Waals surface area contributed by atoms with Gasteiger partial charge in [-0.2, -0.15) is 0 Å². The SMILES string of the molecule is CC(=O)c1ccc(-c2ccc3nc(NC(=O)C4CC4F)cn3c2)c(C)c1. The first-order valence-electron chi connectivity index (χ1n) is 8.48. The van der Waals surface area contributed by atoms with Crippen molar-refractivity contribution in [2.75, 3.05) is 5.32 Å². The Labute approximate surface area is 149 Å². The van der Waals surface area contributed by atoms with Gasteiger partial charge in [-0.05, 0) is 55.2 Å². The standard InChI is InChI=1S/C20H18FN3O2/c1-11-7-13(12(2)25)3-5-15(11)14-4-6-19-22-18(10-24(19)9-14)23-20(26)16-8-17(16)21/h3-7,9-10,16-17H,8H2,1-2H3,(H,23,26). The number of carbonyl (C=O) groups is 2. The van der Waals surface area contributed by atoms with Gasteiger partial charge in [-0.15, -0.1) is 0 Å². The van der Waals surface area contributed by atoms with Gasteiger partial charge in [-0.3, -0.25) is 9.59 Å². The summed E-state index contributed by atoms with van der Waals surface area (Å²) < 4.78 is 14.8. The van der Waals surface area contributed by atoms with E-state index in [2.05, 4.69) is 10.3 Å². The van der Waals surface area contributed by atoms with E-state index < -0.39 is 12.1 Å². The smallest absolute Gasteiger partial charge is 0.231 e. The molecular formula is C20H18FN3O2. The number of amides is 1. The summed E-state index contributed by atoms with van der Waals surface area (Å²) in [5.41, 5.74) is 4.38. The Morgan fingerprint density at radius 3 is 2.65 bits per heavy atom. The molecule has 0 saturated heterocycles. The Hall–Kier alpha value is -3.02. The zero-order valence-corrected chi connectivity index (χ0v) is 14.5. The first-order valence-corrected chi connectivity index (χ1v) is 8.48. The maximum absolute atomic E-state index is 13.0. The number of hydrogen-bond acceptors (Lipinski definition) is 3. The van der Waals surface area contributed by atoms with Crippen molar-refractivity contribution in [1.82, 2.24) is 9.38 Å². The number of halogens is 1. The van der Waals surface area contributed by atoms with Crippen LogP contribution in [-0.2, 0) is 4.79 Å². The van der Waals surface area contributed by atoms with Crippen LogP contribution in [0.25, 0.3) is 16.8 Å². The first-order chi connectivity index (χ1) is 12.4. The summed E-state index contributed by atoms with van der Waals surface area (Å²) in [6, 6.07) is 9.43. The highest BCUT2D eigenvalue weighted by Crippen LogP contribution is 2.34. The summed E-state index contributed by atoms with van der Waals surface area (Å²) in [5.74, 6) is -0.416. The molecule has 3 aromatic rings. The maximum Gasteiger partial charge on any atom is 0.231 e. The Kier molecular flexibility index (Phi) is 3.83. The van der Waals surface area contributed by atoms with Crippen molar-refractivity contribution in [1.29, 1.82) is 0 Å². The van der Waals surface area contributed by atoms with E-state index in [0.29, 0.717) is 23.4 Å². The van der Waals surface area contributed by atoms with Crippen molar-refractivity contribution in [2.45, 2.75) is 26.4 Å². The summed E-state index contributed by atoms with van der Waals surface area (Å²) in [6.45, 7) is 3.52. The Morgan fingerprint density at radius 2 is 2.00 bits per heavy atom. The van der Waals surface area contributed by atoms with Crippen LogP contribution in [0.4, 0.5) is 10.2 Å². The number of aryl methyl sites for hydroxylation is 1. The number of rotatable bonds is 4. The highest BCUT2D eigenvalue weighted by Gasteiger charge is 2.43. The molecule has 132 valence electrons. The van der Waals surface area contributed by atoms with Crippen molar-refractivity contribution >= 4 is 23.2 Å². The van der Waals surface area contributed by atoms with Crippen molar-refractivity contribution < 1.29 is 14.0 Å². The second-order valence-electron chi connectivity index (χ2n) is 6.74. The highest BCUT2D eigenvalue weighted by molar-refractivity contribution is 5.95. The normalized spacial score (nSPS) is 18.7. The minimum absolute atomic E-state index is 0.0382. The van der Waals surface area contributed by atoms with Crippen molar-refractivity contribution in [2.24, 2.45) is 5.92 Å². The number of ketones is 1. The zero-order chi connectivity index (χ0) is 18.4. The van der Waals surface area contributed by atoms with Gasteiger partial charge in [0.15, 0.2) is 11.6 Å². The molecule has 6 heteroatoms. The van der Waals surface area contributed by atoms with E-state index in [-0.39, 0.29) is 11.7 Å². The second-order valence-corrected chi connectivity index (χ2v) is 6.74. The molecule has 2 atom stereocenters. The molecule has 1 amide bonds. The first kappa shape index (κ1) is 16.4. The van der Waals surface area contributed by atoms with E-state index in [1.807, 2.05) is 47.9 Å². The van der Waals surface area contributed by atoms with Gasteiger partial charge in [-0.25, -0.2) is 9.37 Å². The minimum atomic E-state index is -1.03. The largest absolute Gasteiger partial charge is 0.309 e. The monoisotopic (exact) mass is 351 g/mol. The summed E-state index contributed by atoms with van der Waals surface area (Å²) in [5, 5.41) is 2.67. The highest BCUT2D eigenvalue weighted by atomic mass is 19.1. The van der Waals surface area contributed by atoms with Gasteiger partial charge >= 0.3 is 0 Å². The van der Waals surface area contributed by atoms with Crippen LogP contribution in [0.15, 0.2) is 42.7 Å². The van der Waals surface area contributed by atoms with Gasteiger partial charge < -0.3 is 9.72 Å². The van der Waals surface area contributed by atoms with Crippen molar-refractivity contribution in [3.05, 3.63) is 53.9 Å². The molecule has 2 heterocycles. The number of hydrogen-bond donors (Lipinski definition) is 1. The lowest BCUT2D eigenvalue weighted by Crippen LogP contribution is -2.15. The molecule has 1 aliphatic carbocycles. The third-order valence-corrected chi connectivity index (χ3v) is 4.70. The zero-order valence-electron chi connectivity index (χ0n) is 14.5. The van der Waals surface area contributed by atoms with Crippen LogP contribution in [0, 0.1) is 12.8 Å². The van der Waals surface area contributed by atoms with Gasteiger partial charge in [0, 0.05) is 11.8 Å². The van der Waals surface area contributed by atoms with Crippen molar-refractivity contribution in [3.8, 4) is 11.1 Å². The molecule has 1 saturated carbocycles. The number of anilines is 1. The molecular weight excluding hydrogens is 333 g/mol. The lowest BCUT2D eigenvalue weighted by atomic mass is 9.98. The van der Waals surface area contributed by atoms with Gasteiger partial charge in [0.1, 0.15) is 11.8 Å². The molecule has 1 fully saturated rings. The average molecular weight is 351 g/mol. The van der Waals surface area contributed by atoms with E-state index in [0.717, 1.165) is 16.7 Å². The molecule has 0 spiro atoms. The van der Waals surface area contributed by atoms with Gasteiger partial charge in [0.25, 0.3) is 0 Å². The number of carbonyl (C=O) groups excluding carboxylic acids is 2. The van der Waals surface area contributed by atoms with E-state index in [9.17, 15) is 14.0 Å². The molecule has 0 radical (unpaired) electrons. The topological polar surface area (TPSA) is 63.5 Å². The summed E-state index contributed by atoms with van der Waals surface area (Å²) in [6.07, 6.45) is 2.90. The molecule has 26 heavy (non-hydrogen) atoms. The molecule has 5 nitrogen and oxygen atoms in total. The van der Waals surface area contributed by atoms with Crippen LogP contribution in [0.3, 0.4) is 0 Å². The van der Waals surface area contributed by atoms with Crippen molar-refractivity contribution in [3.63, 3.8) is 0 Å². The van der Waals surface area contributed by atoms with Crippen LogP contribution >= 0.6 is 0 Å². The molecule has 1 aromatic carbocycles. The second kappa shape index (κ2) is 6.05. The lowest BCUT2D eigenvalue weighted by Gasteiger charge is -2.08. The number of pyridine rings is 1. The van der Waals surface area contributed by atoms with E-state index in [1.165, 1.54) is 0 Å². The van der Waals surface area contributed by atoms with Crippen LogP contribution in [0.2, 0.25) is 0 Å². The lowest BCUT2D eigenvalue weighted by molar-refractivity contribution is -0.117. The molecule has 1 N–H and O–H groups in total.